The molecule has 0 atom stereocenters. The number of hydrogen-bond acceptors (Lipinski definition) is 11. The van der Waals surface area contributed by atoms with Gasteiger partial charge in [0.25, 0.3) is 0 Å². The predicted molar refractivity (Wildman–Crippen MR) is 134 cm³/mol. The number of carbonyl (C=O) groups excluding carboxylic acids is 1. The Morgan fingerprint density at radius 3 is 2.83 bits per heavy atom. The van der Waals surface area contributed by atoms with Crippen molar-refractivity contribution in [1.82, 2.24) is 24.7 Å². The quantitative estimate of drug-likeness (QED) is 0.229. The Morgan fingerprint density at radius 1 is 1.26 bits per heavy atom. The molecule has 182 valence electrons. The summed E-state index contributed by atoms with van der Waals surface area (Å²) >= 11 is 1.62. The van der Waals surface area contributed by atoms with Crippen LogP contribution in [0.1, 0.15) is 13.3 Å². The number of aromatic nitrogens is 5. The maximum atomic E-state index is 12.2. The van der Waals surface area contributed by atoms with Gasteiger partial charge in [0.15, 0.2) is 0 Å². The van der Waals surface area contributed by atoms with Gasteiger partial charge in [0, 0.05) is 29.9 Å². The molecule has 0 spiro atoms. The van der Waals surface area contributed by atoms with Gasteiger partial charge in [0.05, 0.1) is 12.2 Å². The fourth-order valence-corrected chi connectivity index (χ4v) is 4.44. The van der Waals surface area contributed by atoms with Crippen LogP contribution in [0.3, 0.4) is 0 Å². The Kier molecular flexibility index (Phi) is 8.35. The lowest BCUT2D eigenvalue weighted by Gasteiger charge is -2.13. The van der Waals surface area contributed by atoms with E-state index in [9.17, 15) is 9.00 Å². The third-order valence-electron chi connectivity index (χ3n) is 4.64. The molecule has 0 saturated heterocycles. The summed E-state index contributed by atoms with van der Waals surface area (Å²) < 4.78 is 22.2. The number of amides is 1. The van der Waals surface area contributed by atoms with Crippen molar-refractivity contribution in [2.45, 2.75) is 24.8 Å². The summed E-state index contributed by atoms with van der Waals surface area (Å²) in [4.78, 5) is 25.9. The Hall–Kier alpha value is -3.84. The molecule has 1 aromatic carbocycles. The van der Waals surface area contributed by atoms with Gasteiger partial charge < -0.3 is 19.6 Å². The van der Waals surface area contributed by atoms with E-state index in [1.165, 1.54) is 6.33 Å². The largest absolute Gasteiger partial charge is 0.450 e. The van der Waals surface area contributed by atoms with Crippen molar-refractivity contribution in [3.63, 3.8) is 0 Å². The number of hydrogen-bond donors (Lipinski definition) is 2. The van der Waals surface area contributed by atoms with E-state index in [1.54, 1.807) is 59.7 Å². The van der Waals surface area contributed by atoms with Crippen LogP contribution in [-0.2, 0) is 26.1 Å². The highest BCUT2D eigenvalue weighted by Gasteiger charge is 2.11. The van der Waals surface area contributed by atoms with Crippen LogP contribution in [0.2, 0.25) is 0 Å². The third-order valence-corrected chi connectivity index (χ3v) is 6.53. The maximum Gasteiger partial charge on any atom is 0.410 e. The molecule has 0 unspecified atom stereocenters. The molecule has 0 aliphatic rings. The molecular formula is C22H23N8O3S2-. The van der Waals surface area contributed by atoms with Crippen LogP contribution in [0, 0.1) is 0 Å². The lowest BCUT2D eigenvalue weighted by Crippen LogP contribution is -2.10. The average Bonchev–Trinajstić information content (AvgIpc) is 3.57. The molecule has 13 heteroatoms. The molecule has 1 amide bonds. The number of aryl methyl sites for hydroxylation is 1. The smallest absolute Gasteiger partial charge is 0.410 e. The van der Waals surface area contributed by atoms with Crippen molar-refractivity contribution < 1.29 is 13.7 Å². The predicted octanol–water partition coefficient (Wildman–Crippen LogP) is 4.71. The van der Waals surface area contributed by atoms with E-state index in [4.69, 9.17) is 4.74 Å². The summed E-state index contributed by atoms with van der Waals surface area (Å²) in [5.74, 6) is 1.13. The number of benzene rings is 1. The summed E-state index contributed by atoms with van der Waals surface area (Å²) in [6, 6.07) is 10.7. The first-order chi connectivity index (χ1) is 17.1. The van der Waals surface area contributed by atoms with Crippen molar-refractivity contribution in [3.05, 3.63) is 60.6 Å². The zero-order valence-corrected chi connectivity index (χ0v) is 20.5. The zero-order valence-electron chi connectivity index (χ0n) is 18.8. The minimum Gasteiger partial charge on any atom is -0.450 e. The van der Waals surface area contributed by atoms with E-state index in [-0.39, 0.29) is 6.61 Å². The minimum atomic E-state index is -1.84. The molecule has 4 aromatic rings. The maximum absolute atomic E-state index is 12.2. The van der Waals surface area contributed by atoms with E-state index in [0.717, 1.165) is 29.2 Å². The lowest BCUT2D eigenvalue weighted by atomic mass is 10.2. The van der Waals surface area contributed by atoms with Crippen molar-refractivity contribution in [3.8, 4) is 10.4 Å². The molecule has 0 aliphatic heterocycles. The third kappa shape index (κ3) is 6.83. The zero-order chi connectivity index (χ0) is 24.5. The molecule has 0 bridgehead atoms. The van der Waals surface area contributed by atoms with Crippen LogP contribution in [-0.4, -0.2) is 44.0 Å². The van der Waals surface area contributed by atoms with Gasteiger partial charge in [-0.25, -0.2) is 14.8 Å². The number of thiophene rings is 1. The van der Waals surface area contributed by atoms with Crippen LogP contribution in [0.4, 0.5) is 22.2 Å². The standard InChI is InChI=1S/C22H23N8O3S2/c1-2-33-22(31)29-35(32)17-8-6-16(7-9-17)27-21-25-13-18(19-5-3-12-34-19)20(28-21)24-10-4-11-30-15-23-14-26-30/h3,5-9,12-15H,2,4,10-11H2,1H3,(H2,24,25,27,28)/q-1. The van der Waals surface area contributed by atoms with Gasteiger partial charge in [0.1, 0.15) is 18.5 Å². The summed E-state index contributed by atoms with van der Waals surface area (Å²) in [6.07, 6.45) is 4.98. The van der Waals surface area contributed by atoms with Crippen LogP contribution in [0.5, 0.6) is 0 Å². The number of anilines is 3. The van der Waals surface area contributed by atoms with Crippen LogP contribution < -0.4 is 10.6 Å². The summed E-state index contributed by atoms with van der Waals surface area (Å²) in [5.41, 5.74) is 1.61. The number of rotatable bonds is 10. The van der Waals surface area contributed by atoms with Crippen LogP contribution in [0.25, 0.3) is 10.4 Å². The van der Waals surface area contributed by atoms with E-state index >= 15 is 0 Å². The summed E-state index contributed by atoms with van der Waals surface area (Å²) in [7, 11) is -1.84. The SMILES string of the molecule is CCOC(=O)N=[S-](=O)c1ccc(Nc2ncc(-c3cccs3)c(NCCCn3cncn3)n2)cc1. The molecule has 0 radical (unpaired) electrons. The molecule has 0 fully saturated rings. The highest BCUT2D eigenvalue weighted by Crippen LogP contribution is 2.31. The monoisotopic (exact) mass is 511 g/mol. The number of carbonyl (C=O) groups is 1. The fourth-order valence-electron chi connectivity index (χ4n) is 3.04. The summed E-state index contributed by atoms with van der Waals surface area (Å²) in [6.45, 7) is 3.27. The van der Waals surface area contributed by atoms with Crippen molar-refractivity contribution in [1.29, 1.82) is 0 Å². The molecule has 11 nitrogen and oxygen atoms in total. The molecule has 4 rings (SSSR count). The van der Waals surface area contributed by atoms with Gasteiger partial charge in [-0.15, -0.1) is 21.9 Å². The van der Waals surface area contributed by atoms with Crippen LogP contribution >= 0.6 is 11.3 Å². The second kappa shape index (κ2) is 12.0. The van der Waals surface area contributed by atoms with Crippen LogP contribution in [0.15, 0.2) is 69.9 Å². The van der Waals surface area contributed by atoms with E-state index in [0.29, 0.717) is 23.1 Å². The number of nitrogens with one attached hydrogen (secondary N) is 2. The highest BCUT2D eigenvalue weighted by atomic mass is 32.2. The van der Waals surface area contributed by atoms with Gasteiger partial charge in [0.2, 0.25) is 5.95 Å². The molecule has 3 heterocycles. The molecule has 2 N–H and O–H groups in total. The second-order valence-corrected chi connectivity index (χ2v) is 9.16. The fraction of sp³-hybridized carbons (Fsp3) is 0.227. The topological polar surface area (TPSA) is 136 Å². The highest BCUT2D eigenvalue weighted by molar-refractivity contribution is 7.75. The molecular weight excluding hydrogens is 488 g/mol. The average molecular weight is 512 g/mol. The summed E-state index contributed by atoms with van der Waals surface area (Å²) in [5, 5.41) is 12.7. The van der Waals surface area contributed by atoms with Crippen molar-refractivity contribution in [2.75, 3.05) is 23.8 Å². The Bertz CT molecular complexity index is 1320. The molecule has 35 heavy (non-hydrogen) atoms. The van der Waals surface area contributed by atoms with Gasteiger partial charge >= 0.3 is 6.09 Å². The first-order valence-electron chi connectivity index (χ1n) is 10.8. The van der Waals surface area contributed by atoms with Gasteiger partial charge in [-0.1, -0.05) is 23.1 Å². The second-order valence-electron chi connectivity index (χ2n) is 7.06. The van der Waals surface area contributed by atoms with Gasteiger partial charge in [-0.2, -0.15) is 10.1 Å². The number of ether oxygens (including phenoxy) is 1. The first kappa shape index (κ1) is 24.3. The van der Waals surface area contributed by atoms with E-state index in [1.807, 2.05) is 17.5 Å². The minimum absolute atomic E-state index is 0.173. The first-order valence-corrected chi connectivity index (χ1v) is 12.8. The number of nitrogens with zero attached hydrogens (tertiary/aromatic N) is 6. The van der Waals surface area contributed by atoms with Crippen molar-refractivity contribution in [2.24, 2.45) is 4.36 Å². The Morgan fingerprint density at radius 2 is 2.11 bits per heavy atom. The Balaban J connectivity index is 1.46. The van der Waals surface area contributed by atoms with E-state index < -0.39 is 16.7 Å². The lowest BCUT2D eigenvalue weighted by molar-refractivity contribution is 0.164. The molecule has 0 aliphatic carbocycles. The van der Waals surface area contributed by atoms with Gasteiger partial charge in [-0.3, -0.25) is 9.04 Å². The molecule has 3 aromatic heterocycles. The molecule has 0 saturated carbocycles. The van der Waals surface area contributed by atoms with Gasteiger partial charge in [-0.05, 0) is 36.9 Å². The Labute approximate surface area is 207 Å². The normalized spacial score (nSPS) is 11.8. The van der Waals surface area contributed by atoms with E-state index in [2.05, 4.69) is 35.0 Å². The van der Waals surface area contributed by atoms with Crippen molar-refractivity contribution >= 4 is 45.5 Å².